The molecule has 19 heavy (non-hydrogen) atoms. The van der Waals surface area contributed by atoms with Crippen molar-refractivity contribution in [1.82, 2.24) is 4.90 Å². The molecule has 0 saturated carbocycles. The van der Waals surface area contributed by atoms with Gasteiger partial charge in [-0.15, -0.1) is 0 Å². The predicted molar refractivity (Wildman–Crippen MR) is 73.6 cm³/mol. The minimum Gasteiger partial charge on any atom is -0.492 e. The summed E-state index contributed by atoms with van der Waals surface area (Å²) in [6.45, 7) is 2.00. The Labute approximate surface area is 114 Å². The molecule has 0 atom stereocenters. The van der Waals surface area contributed by atoms with Gasteiger partial charge in [-0.2, -0.15) is 5.26 Å². The van der Waals surface area contributed by atoms with Crippen LogP contribution < -0.4 is 4.74 Å². The summed E-state index contributed by atoms with van der Waals surface area (Å²) in [4.78, 5) is 2.06. The minimum atomic E-state index is -0.132. The van der Waals surface area contributed by atoms with Gasteiger partial charge in [-0.25, -0.2) is 0 Å². The van der Waals surface area contributed by atoms with Crippen LogP contribution in [0, 0.1) is 23.2 Å². The van der Waals surface area contributed by atoms with E-state index in [1.165, 1.54) is 0 Å². The van der Waals surface area contributed by atoms with Gasteiger partial charge in [0.15, 0.2) is 0 Å². The Morgan fingerprint density at radius 3 is 2.63 bits per heavy atom. The number of benzene rings is 1. The monoisotopic (exact) mass is 258 g/mol. The molecule has 0 spiro atoms. The molecule has 1 rings (SSSR count). The van der Waals surface area contributed by atoms with E-state index in [2.05, 4.69) is 22.8 Å². The van der Waals surface area contributed by atoms with Crippen LogP contribution in [0.2, 0.25) is 0 Å². The van der Waals surface area contributed by atoms with Crippen molar-refractivity contribution >= 4 is 0 Å². The van der Waals surface area contributed by atoms with Crippen LogP contribution in [0.15, 0.2) is 24.3 Å². The highest BCUT2D eigenvalue weighted by Crippen LogP contribution is 2.11. The molecule has 0 heterocycles. The van der Waals surface area contributed by atoms with Gasteiger partial charge in [-0.1, -0.05) is 11.8 Å². The molecule has 1 N–H and O–H groups in total. The third-order valence-electron chi connectivity index (χ3n) is 2.51. The maximum atomic E-state index is 8.59. The van der Waals surface area contributed by atoms with Crippen LogP contribution in [0.4, 0.5) is 0 Å². The lowest BCUT2D eigenvalue weighted by Crippen LogP contribution is -2.25. The second-order valence-corrected chi connectivity index (χ2v) is 4.04. The van der Waals surface area contributed by atoms with Crippen LogP contribution in [-0.4, -0.2) is 43.4 Å². The van der Waals surface area contributed by atoms with Crippen LogP contribution in [0.25, 0.3) is 0 Å². The van der Waals surface area contributed by atoms with Gasteiger partial charge in [-0.3, -0.25) is 0 Å². The molecule has 1 aromatic carbocycles. The Kier molecular flexibility index (Phi) is 7.12. The first kappa shape index (κ1) is 15.0. The molecule has 100 valence electrons. The first-order valence-corrected chi connectivity index (χ1v) is 6.14. The van der Waals surface area contributed by atoms with Gasteiger partial charge in [0, 0.05) is 25.1 Å². The fourth-order valence-corrected chi connectivity index (χ4v) is 1.45. The predicted octanol–water partition coefficient (Wildman–Crippen LogP) is 1.25. The quantitative estimate of drug-likeness (QED) is 0.780. The zero-order chi connectivity index (χ0) is 13.9. The molecule has 0 aromatic heterocycles. The fraction of sp³-hybridized carbons (Fsp3) is 0.400. The van der Waals surface area contributed by atoms with Crippen molar-refractivity contribution in [2.75, 3.05) is 33.4 Å². The summed E-state index contributed by atoms with van der Waals surface area (Å²) in [7, 11) is 1.97. The zero-order valence-electron chi connectivity index (χ0n) is 11.1. The van der Waals surface area contributed by atoms with Crippen molar-refractivity contribution in [2.24, 2.45) is 0 Å². The molecule has 0 bridgehead atoms. The van der Waals surface area contributed by atoms with Crippen molar-refractivity contribution in [3.05, 3.63) is 29.8 Å². The fourth-order valence-electron chi connectivity index (χ4n) is 1.45. The summed E-state index contributed by atoms with van der Waals surface area (Å²) in [5.74, 6) is 6.21. The first-order valence-electron chi connectivity index (χ1n) is 6.14. The summed E-state index contributed by atoms with van der Waals surface area (Å²) in [5, 5.41) is 17.1. The summed E-state index contributed by atoms with van der Waals surface area (Å²) in [5.41, 5.74) is 0.854. The number of ether oxygens (including phenoxy) is 1. The molecule has 0 unspecified atom stereocenters. The summed E-state index contributed by atoms with van der Waals surface area (Å²) >= 11 is 0. The molecule has 0 radical (unpaired) electrons. The Morgan fingerprint density at radius 1 is 1.26 bits per heavy atom. The number of likely N-dealkylation sites (N-methyl/N-ethyl adjacent to an activating group) is 1. The van der Waals surface area contributed by atoms with E-state index >= 15 is 0 Å². The number of aliphatic hydroxyl groups is 1. The van der Waals surface area contributed by atoms with E-state index in [0.29, 0.717) is 13.0 Å². The lowest BCUT2D eigenvalue weighted by molar-refractivity contribution is 0.240. The Bertz CT molecular complexity index is 466. The van der Waals surface area contributed by atoms with Gasteiger partial charge in [0.05, 0.1) is 6.07 Å². The van der Waals surface area contributed by atoms with Crippen LogP contribution in [0.3, 0.4) is 0 Å². The van der Waals surface area contributed by atoms with Gasteiger partial charge < -0.3 is 14.7 Å². The molecule has 1 aromatic rings. The van der Waals surface area contributed by atoms with Gasteiger partial charge in [0.1, 0.15) is 19.0 Å². The maximum absolute atomic E-state index is 8.59. The molecule has 0 amide bonds. The Hall–Kier alpha value is -2.01. The molecule has 0 fully saturated rings. The summed E-state index contributed by atoms with van der Waals surface area (Å²) in [6, 6.07) is 9.55. The number of hydrogen-bond acceptors (Lipinski definition) is 4. The standard InChI is InChI=1S/C15H18N2O2/c1-17(10-3-9-16)11-13-19-15-7-5-14(6-8-15)4-2-12-18/h5-8,18H,3,10-13H2,1H3. The normalized spacial score (nSPS) is 9.58. The molecular formula is C15H18N2O2. The highest BCUT2D eigenvalue weighted by molar-refractivity contribution is 5.38. The molecule has 0 aliphatic rings. The third-order valence-corrected chi connectivity index (χ3v) is 2.51. The SMILES string of the molecule is CN(CCC#N)CCOc1ccc(C#CCO)cc1. The van der Waals surface area contributed by atoms with E-state index in [1.54, 1.807) is 0 Å². The Balaban J connectivity index is 2.32. The van der Waals surface area contributed by atoms with Gasteiger partial charge >= 0.3 is 0 Å². The molecule has 4 nitrogen and oxygen atoms in total. The highest BCUT2D eigenvalue weighted by atomic mass is 16.5. The van der Waals surface area contributed by atoms with E-state index in [4.69, 9.17) is 15.1 Å². The smallest absolute Gasteiger partial charge is 0.119 e. The molecule has 0 aliphatic carbocycles. The van der Waals surface area contributed by atoms with E-state index < -0.39 is 0 Å². The van der Waals surface area contributed by atoms with Crippen molar-refractivity contribution in [2.45, 2.75) is 6.42 Å². The first-order chi connectivity index (χ1) is 9.26. The van der Waals surface area contributed by atoms with E-state index in [1.807, 2.05) is 31.3 Å². The number of hydrogen-bond donors (Lipinski definition) is 1. The van der Waals surface area contributed by atoms with Crippen molar-refractivity contribution in [1.29, 1.82) is 5.26 Å². The lowest BCUT2D eigenvalue weighted by atomic mass is 10.2. The van der Waals surface area contributed by atoms with E-state index in [-0.39, 0.29) is 6.61 Å². The minimum absolute atomic E-state index is 0.132. The summed E-state index contributed by atoms with van der Waals surface area (Å²) in [6.07, 6.45) is 0.536. The molecule has 0 aliphatic heterocycles. The van der Waals surface area contributed by atoms with Crippen molar-refractivity contribution in [3.8, 4) is 23.7 Å². The van der Waals surface area contributed by atoms with Crippen LogP contribution in [-0.2, 0) is 0 Å². The van der Waals surface area contributed by atoms with Crippen LogP contribution >= 0.6 is 0 Å². The number of rotatable bonds is 6. The summed E-state index contributed by atoms with van der Waals surface area (Å²) < 4.78 is 5.59. The topological polar surface area (TPSA) is 56.5 Å². The second kappa shape index (κ2) is 8.99. The zero-order valence-corrected chi connectivity index (χ0v) is 11.1. The number of aliphatic hydroxyl groups excluding tert-OH is 1. The molecule has 0 saturated heterocycles. The van der Waals surface area contributed by atoms with Crippen molar-refractivity contribution in [3.63, 3.8) is 0 Å². The van der Waals surface area contributed by atoms with Gasteiger partial charge in [0.2, 0.25) is 0 Å². The average Bonchev–Trinajstić information content (AvgIpc) is 2.44. The van der Waals surface area contributed by atoms with Crippen molar-refractivity contribution < 1.29 is 9.84 Å². The number of nitriles is 1. The van der Waals surface area contributed by atoms with Gasteiger partial charge in [-0.05, 0) is 31.3 Å². The van der Waals surface area contributed by atoms with Crippen LogP contribution in [0.5, 0.6) is 5.75 Å². The maximum Gasteiger partial charge on any atom is 0.119 e. The second-order valence-electron chi connectivity index (χ2n) is 4.04. The van der Waals surface area contributed by atoms with E-state index in [0.717, 1.165) is 24.4 Å². The Morgan fingerprint density at radius 2 is 2.00 bits per heavy atom. The molecular weight excluding hydrogens is 240 g/mol. The average molecular weight is 258 g/mol. The van der Waals surface area contributed by atoms with Crippen LogP contribution in [0.1, 0.15) is 12.0 Å². The molecule has 4 heteroatoms. The van der Waals surface area contributed by atoms with E-state index in [9.17, 15) is 0 Å². The number of nitrogens with zero attached hydrogens (tertiary/aromatic N) is 2. The highest BCUT2D eigenvalue weighted by Gasteiger charge is 1.98. The largest absolute Gasteiger partial charge is 0.492 e. The lowest BCUT2D eigenvalue weighted by Gasteiger charge is -2.15. The van der Waals surface area contributed by atoms with Gasteiger partial charge in [0.25, 0.3) is 0 Å². The third kappa shape index (κ3) is 6.47.